The lowest BCUT2D eigenvalue weighted by Gasteiger charge is -2.09. The van der Waals surface area contributed by atoms with E-state index in [1.165, 1.54) is 12.1 Å². The van der Waals surface area contributed by atoms with Crippen molar-refractivity contribution in [3.05, 3.63) is 39.8 Å². The van der Waals surface area contributed by atoms with Crippen LogP contribution >= 0.6 is 12.4 Å². The first-order valence-corrected chi connectivity index (χ1v) is 10.5. The Morgan fingerprint density at radius 3 is 2.59 bits per heavy atom. The van der Waals surface area contributed by atoms with Crippen LogP contribution in [-0.2, 0) is 6.54 Å². The van der Waals surface area contributed by atoms with Crippen LogP contribution in [0.5, 0.6) is 11.5 Å². The summed E-state index contributed by atoms with van der Waals surface area (Å²) in [6.45, 7) is 3.02. The molecule has 172 valence electrons. The second kappa shape index (κ2) is 10.2. The normalized spacial score (nSPS) is 12.2. The molecular weight excluding hydrogens is 434 g/mol. The Labute approximate surface area is 189 Å². The van der Waals surface area contributed by atoms with Crippen LogP contribution in [0.2, 0.25) is 0 Å². The number of nitrogens with zero attached hydrogens (tertiary/aromatic N) is 2. The number of aromatic hydroxyl groups is 2. The number of aromatic amines is 1. The van der Waals surface area contributed by atoms with Gasteiger partial charge in [-0.3, -0.25) is 19.6 Å². The summed E-state index contributed by atoms with van der Waals surface area (Å²) in [5.74, 6) is -0.303. The number of phenols is 2. The minimum absolute atomic E-state index is 0. The largest absolute Gasteiger partial charge is 0.507 e. The molecule has 0 saturated carbocycles. The number of benzene rings is 3. The molecule has 0 aliphatic heterocycles. The zero-order valence-electron chi connectivity index (χ0n) is 17.6. The monoisotopic (exact) mass is 461 g/mol. The minimum atomic E-state index is -0.282. The zero-order valence-corrected chi connectivity index (χ0v) is 18.4. The molecule has 1 heterocycles. The maximum atomic E-state index is 12.7. The Hall–Kier alpha value is -2.85. The van der Waals surface area contributed by atoms with Crippen LogP contribution in [0.3, 0.4) is 0 Å². The lowest BCUT2D eigenvalue weighted by Crippen LogP contribution is -2.20. The fourth-order valence-corrected chi connectivity index (χ4v) is 4.08. The van der Waals surface area contributed by atoms with Crippen molar-refractivity contribution < 1.29 is 15.3 Å². The molecule has 0 bridgehead atoms. The van der Waals surface area contributed by atoms with Gasteiger partial charge in [0.15, 0.2) is 5.43 Å². The van der Waals surface area contributed by atoms with Crippen LogP contribution < -0.4 is 21.8 Å². The molecule has 0 fully saturated rings. The Kier molecular flexibility index (Phi) is 7.57. The molecule has 7 N–H and O–H groups in total. The molecule has 0 atom stereocenters. The van der Waals surface area contributed by atoms with Gasteiger partial charge in [0.1, 0.15) is 11.5 Å². The summed E-state index contributed by atoms with van der Waals surface area (Å²) in [5, 5.41) is 39.1. The number of phenolic OH excluding ortho intramolecular Hbond substituents is 2. The molecule has 0 aliphatic carbocycles. The number of hydrogen-bond acceptors (Lipinski definition) is 7. The van der Waals surface area contributed by atoms with E-state index >= 15 is 0 Å². The van der Waals surface area contributed by atoms with E-state index in [9.17, 15) is 15.0 Å². The van der Waals surface area contributed by atoms with Crippen molar-refractivity contribution in [2.24, 2.45) is 10.7 Å². The Bertz CT molecular complexity index is 1350. The smallest absolute Gasteiger partial charge is 0.189 e. The molecule has 0 spiro atoms. The molecule has 0 radical (unpaired) electrons. The fourth-order valence-electron chi connectivity index (χ4n) is 4.08. The fraction of sp³-hybridized carbons (Fsp3) is 0.364. The summed E-state index contributed by atoms with van der Waals surface area (Å²) in [7, 11) is 0. The standard InChI is InChI=1S/C22H27N5O4.ClH/c23-7-1-9-25-13-3-4-14-18-17(13)22(31)20-16(30)6-5-15(29)19(20)21(18)26-27(14)11-2-8-24-10-12-28;/h3-6,24,26,28,30-31H,1-2,7-12,23H2;1H. The number of H-pyrrole nitrogens is 1. The number of rotatable bonds is 9. The van der Waals surface area contributed by atoms with Gasteiger partial charge in [0.2, 0.25) is 0 Å². The second-order valence-electron chi connectivity index (χ2n) is 7.52. The topological polar surface area (TPSA) is 149 Å². The van der Waals surface area contributed by atoms with Crippen molar-refractivity contribution in [3.8, 4) is 11.5 Å². The van der Waals surface area contributed by atoms with Crippen LogP contribution in [0.15, 0.2) is 34.1 Å². The van der Waals surface area contributed by atoms with E-state index in [0.717, 1.165) is 18.5 Å². The van der Waals surface area contributed by atoms with Crippen molar-refractivity contribution in [1.82, 2.24) is 15.1 Å². The third-order valence-corrected chi connectivity index (χ3v) is 5.49. The third kappa shape index (κ3) is 4.12. The number of nitrogens with two attached hydrogens (primary N) is 1. The Morgan fingerprint density at radius 1 is 1.03 bits per heavy atom. The number of aliphatic hydroxyl groups is 1. The van der Waals surface area contributed by atoms with Crippen molar-refractivity contribution in [1.29, 1.82) is 0 Å². The molecule has 4 rings (SSSR count). The first kappa shape index (κ1) is 23.8. The minimum Gasteiger partial charge on any atom is -0.507 e. The molecular formula is C22H28ClN5O4. The van der Waals surface area contributed by atoms with Gasteiger partial charge >= 0.3 is 0 Å². The van der Waals surface area contributed by atoms with Gasteiger partial charge in [-0.15, -0.1) is 12.4 Å². The van der Waals surface area contributed by atoms with Gasteiger partial charge in [-0.05, 0) is 50.2 Å². The van der Waals surface area contributed by atoms with E-state index in [1.54, 1.807) is 0 Å². The first-order chi connectivity index (χ1) is 15.1. The highest BCUT2D eigenvalue weighted by Crippen LogP contribution is 2.41. The predicted octanol–water partition coefficient (Wildman–Crippen LogP) is 1.13. The number of halogens is 1. The summed E-state index contributed by atoms with van der Waals surface area (Å²) in [6, 6.07) is 6.37. The van der Waals surface area contributed by atoms with Crippen molar-refractivity contribution in [2.75, 3.05) is 32.8 Å². The lowest BCUT2D eigenvalue weighted by atomic mass is 9.99. The molecule has 10 heteroatoms. The van der Waals surface area contributed by atoms with Crippen LogP contribution in [0.25, 0.3) is 32.6 Å². The highest BCUT2D eigenvalue weighted by atomic mass is 35.5. The number of fused-ring (bicyclic) bond motifs is 2. The molecule has 9 nitrogen and oxygen atoms in total. The second-order valence-corrected chi connectivity index (χ2v) is 7.52. The van der Waals surface area contributed by atoms with Gasteiger partial charge in [0.05, 0.1) is 39.2 Å². The molecule has 32 heavy (non-hydrogen) atoms. The summed E-state index contributed by atoms with van der Waals surface area (Å²) in [4.78, 5) is 17.3. The summed E-state index contributed by atoms with van der Waals surface area (Å²) < 4.78 is 1.93. The lowest BCUT2D eigenvalue weighted by molar-refractivity contribution is 0.291. The van der Waals surface area contributed by atoms with Gasteiger partial charge in [0.25, 0.3) is 0 Å². The number of aryl methyl sites for hydroxylation is 1. The Balaban J connectivity index is 0.00000289. The third-order valence-electron chi connectivity index (χ3n) is 5.49. The molecule has 3 aromatic carbocycles. The van der Waals surface area contributed by atoms with E-state index in [4.69, 9.17) is 10.8 Å². The maximum Gasteiger partial charge on any atom is 0.189 e. The van der Waals surface area contributed by atoms with Gasteiger partial charge in [-0.2, -0.15) is 0 Å². The van der Waals surface area contributed by atoms with Gasteiger partial charge in [-0.25, -0.2) is 0 Å². The summed E-state index contributed by atoms with van der Waals surface area (Å²) >= 11 is 0. The maximum absolute atomic E-state index is 12.7. The van der Waals surface area contributed by atoms with E-state index in [0.29, 0.717) is 54.2 Å². The predicted molar refractivity (Wildman–Crippen MR) is 128 cm³/mol. The van der Waals surface area contributed by atoms with E-state index in [-0.39, 0.29) is 46.7 Å². The number of hydrogen-bond donors (Lipinski definition) is 6. The molecule has 0 amide bonds. The highest BCUT2D eigenvalue weighted by Gasteiger charge is 2.21. The van der Waals surface area contributed by atoms with Crippen LogP contribution in [0.1, 0.15) is 12.8 Å². The van der Waals surface area contributed by atoms with Gasteiger partial charge in [-0.1, -0.05) is 0 Å². The number of nitrogens with one attached hydrogen (secondary N) is 2. The van der Waals surface area contributed by atoms with Gasteiger partial charge in [0, 0.05) is 25.0 Å². The van der Waals surface area contributed by atoms with E-state index in [2.05, 4.69) is 15.4 Å². The van der Waals surface area contributed by atoms with E-state index < -0.39 is 0 Å². The van der Waals surface area contributed by atoms with Crippen LogP contribution in [0, 0.1) is 0 Å². The quantitative estimate of drug-likeness (QED) is 0.162. The summed E-state index contributed by atoms with van der Waals surface area (Å²) in [6.07, 6.45) is 1.51. The molecule has 1 aromatic heterocycles. The number of aliphatic hydroxyl groups excluding tert-OH is 1. The van der Waals surface area contributed by atoms with Crippen LogP contribution in [0.4, 0.5) is 0 Å². The number of aromatic nitrogens is 2. The van der Waals surface area contributed by atoms with E-state index in [1.807, 2.05) is 16.8 Å². The van der Waals surface area contributed by atoms with Crippen molar-refractivity contribution >= 4 is 45.0 Å². The molecule has 0 unspecified atom stereocenters. The highest BCUT2D eigenvalue weighted by molar-refractivity contribution is 6.23. The van der Waals surface area contributed by atoms with Crippen molar-refractivity contribution in [3.63, 3.8) is 0 Å². The molecule has 4 aromatic rings. The van der Waals surface area contributed by atoms with Gasteiger partial charge < -0.3 is 26.4 Å². The van der Waals surface area contributed by atoms with Crippen LogP contribution in [-0.4, -0.2) is 57.9 Å². The average molecular weight is 462 g/mol. The molecule has 0 aliphatic rings. The first-order valence-electron chi connectivity index (χ1n) is 10.5. The zero-order chi connectivity index (χ0) is 22.0. The summed E-state index contributed by atoms with van der Waals surface area (Å²) in [5.41, 5.74) is 6.71. The molecule has 0 saturated heterocycles. The average Bonchev–Trinajstić information content (AvgIpc) is 3.13. The SMILES string of the molecule is Cl.NCCCN=c1ccc2c3c1c(O)c1c(O)ccc(=O)c1c3[nH]n2CCCNCCO. The Morgan fingerprint density at radius 2 is 1.84 bits per heavy atom. The van der Waals surface area contributed by atoms with Crippen molar-refractivity contribution in [2.45, 2.75) is 19.4 Å².